The Balaban J connectivity index is 1.53. The maximum absolute atomic E-state index is 5.59. The van der Waals surface area contributed by atoms with Gasteiger partial charge in [-0.15, -0.1) is 0 Å². The molecule has 1 N–H and O–H groups in total. The first-order chi connectivity index (χ1) is 8.22. The summed E-state index contributed by atoms with van der Waals surface area (Å²) in [6.07, 6.45) is 8.40. The van der Waals surface area contributed by atoms with E-state index in [-0.39, 0.29) is 0 Å². The van der Waals surface area contributed by atoms with Crippen molar-refractivity contribution in [3.63, 3.8) is 0 Å². The highest BCUT2D eigenvalue weighted by Gasteiger charge is 2.40. The van der Waals surface area contributed by atoms with Gasteiger partial charge in [0.25, 0.3) is 0 Å². The molecule has 4 atom stereocenters. The first-order valence-corrected chi connectivity index (χ1v) is 7.68. The normalized spacial score (nSPS) is 40.6. The third-order valence-electron chi connectivity index (χ3n) is 4.99. The van der Waals surface area contributed by atoms with E-state index in [4.69, 9.17) is 12.2 Å². The Labute approximate surface area is 110 Å². The van der Waals surface area contributed by atoms with Crippen LogP contribution < -0.4 is 5.32 Å². The Morgan fingerprint density at radius 2 is 2.12 bits per heavy atom. The van der Waals surface area contributed by atoms with E-state index in [1.807, 2.05) is 0 Å². The fourth-order valence-corrected chi connectivity index (χ4v) is 4.36. The van der Waals surface area contributed by atoms with E-state index < -0.39 is 0 Å². The molecule has 3 aliphatic rings. The van der Waals surface area contributed by atoms with Crippen LogP contribution in [-0.2, 0) is 0 Å². The summed E-state index contributed by atoms with van der Waals surface area (Å²) in [6, 6.07) is 0.693. The quantitative estimate of drug-likeness (QED) is 0.723. The number of fused-ring (bicyclic) bond motifs is 2. The van der Waals surface area contributed by atoms with Gasteiger partial charge in [0.05, 0.1) is 0 Å². The van der Waals surface area contributed by atoms with Gasteiger partial charge in [0.1, 0.15) is 0 Å². The minimum atomic E-state index is 0.693. The lowest BCUT2D eigenvalue weighted by Crippen LogP contribution is -2.49. The summed E-state index contributed by atoms with van der Waals surface area (Å²) in [5, 5.41) is 4.69. The molecule has 2 saturated carbocycles. The summed E-state index contributed by atoms with van der Waals surface area (Å²) < 4.78 is 0. The molecule has 2 aliphatic carbocycles. The molecular formula is C14H24N2S. The van der Waals surface area contributed by atoms with Gasteiger partial charge in [0.15, 0.2) is 5.11 Å². The van der Waals surface area contributed by atoms with Gasteiger partial charge in [-0.05, 0) is 62.1 Å². The van der Waals surface area contributed by atoms with Gasteiger partial charge in [0.2, 0.25) is 0 Å². The molecule has 0 spiro atoms. The van der Waals surface area contributed by atoms with Crippen molar-refractivity contribution in [1.82, 2.24) is 10.2 Å². The molecule has 0 unspecified atom stereocenters. The molecule has 0 aromatic carbocycles. The van der Waals surface area contributed by atoms with Crippen LogP contribution in [0.15, 0.2) is 0 Å². The average Bonchev–Trinajstić information content (AvgIpc) is 2.91. The van der Waals surface area contributed by atoms with Crippen LogP contribution in [0.3, 0.4) is 0 Å². The van der Waals surface area contributed by atoms with Crippen LogP contribution in [-0.4, -0.2) is 29.1 Å². The predicted octanol–water partition coefficient (Wildman–Crippen LogP) is 2.78. The van der Waals surface area contributed by atoms with E-state index in [0.717, 1.165) is 36.0 Å². The van der Waals surface area contributed by atoms with Crippen molar-refractivity contribution in [3.05, 3.63) is 0 Å². The highest BCUT2D eigenvalue weighted by molar-refractivity contribution is 7.80. The molecule has 1 heterocycles. The highest BCUT2D eigenvalue weighted by Crippen LogP contribution is 2.44. The highest BCUT2D eigenvalue weighted by atomic mass is 32.1. The second-order valence-electron chi connectivity index (χ2n) is 6.42. The first-order valence-electron chi connectivity index (χ1n) is 7.28. The summed E-state index contributed by atoms with van der Waals surface area (Å²) in [4.78, 5) is 2.40. The van der Waals surface area contributed by atoms with Crippen LogP contribution >= 0.6 is 12.2 Å². The minimum absolute atomic E-state index is 0.693. The lowest BCUT2D eigenvalue weighted by atomic mass is 9.95. The molecular weight excluding hydrogens is 228 g/mol. The Morgan fingerprint density at radius 3 is 2.76 bits per heavy atom. The van der Waals surface area contributed by atoms with E-state index in [2.05, 4.69) is 17.1 Å². The average molecular weight is 252 g/mol. The van der Waals surface area contributed by atoms with Gasteiger partial charge in [-0.3, -0.25) is 0 Å². The number of nitrogens with one attached hydrogen (secondary N) is 1. The fourth-order valence-electron chi connectivity index (χ4n) is 4.05. The number of thiocarbonyl (C=S) groups is 1. The van der Waals surface area contributed by atoms with Crippen LogP contribution in [0.5, 0.6) is 0 Å². The van der Waals surface area contributed by atoms with E-state index in [1.165, 1.54) is 38.5 Å². The zero-order valence-electron chi connectivity index (χ0n) is 10.8. The summed E-state index contributed by atoms with van der Waals surface area (Å²) in [6.45, 7) is 4.66. The SMILES string of the molecule is C[C@H]1CCCN(C(=S)N[C@H]2C[C@H]3CC[C@H]2C3)C1. The second-order valence-corrected chi connectivity index (χ2v) is 6.81. The summed E-state index contributed by atoms with van der Waals surface area (Å²) >= 11 is 5.59. The van der Waals surface area contributed by atoms with Gasteiger partial charge in [-0.25, -0.2) is 0 Å². The van der Waals surface area contributed by atoms with Crippen molar-refractivity contribution in [3.8, 4) is 0 Å². The standard InChI is InChI=1S/C14H24N2S/c1-10-3-2-6-16(9-10)14(17)15-13-8-11-4-5-12(13)7-11/h10-13H,2-9H2,1H3,(H,15,17)/t10-,11-,12-,13-/m0/s1. The molecule has 0 amide bonds. The van der Waals surface area contributed by atoms with E-state index in [1.54, 1.807) is 0 Å². The molecule has 3 rings (SSSR count). The van der Waals surface area contributed by atoms with Crippen molar-refractivity contribution >= 4 is 17.3 Å². The molecule has 17 heavy (non-hydrogen) atoms. The van der Waals surface area contributed by atoms with Gasteiger partial charge in [-0.1, -0.05) is 13.3 Å². The summed E-state index contributed by atoms with van der Waals surface area (Å²) in [7, 11) is 0. The molecule has 96 valence electrons. The van der Waals surface area contributed by atoms with Crippen LogP contribution in [0.25, 0.3) is 0 Å². The van der Waals surface area contributed by atoms with Crippen molar-refractivity contribution < 1.29 is 0 Å². The molecule has 2 bridgehead atoms. The zero-order valence-corrected chi connectivity index (χ0v) is 11.6. The van der Waals surface area contributed by atoms with Crippen molar-refractivity contribution in [2.75, 3.05) is 13.1 Å². The molecule has 2 nitrogen and oxygen atoms in total. The second kappa shape index (κ2) is 4.75. The number of piperidine rings is 1. The minimum Gasteiger partial charge on any atom is -0.360 e. The maximum atomic E-state index is 5.59. The summed E-state index contributed by atoms with van der Waals surface area (Å²) in [5.74, 6) is 2.73. The zero-order chi connectivity index (χ0) is 11.8. The number of likely N-dealkylation sites (tertiary alicyclic amines) is 1. The van der Waals surface area contributed by atoms with Gasteiger partial charge >= 0.3 is 0 Å². The largest absolute Gasteiger partial charge is 0.360 e. The van der Waals surface area contributed by atoms with Crippen LogP contribution in [0.4, 0.5) is 0 Å². The van der Waals surface area contributed by atoms with Gasteiger partial charge < -0.3 is 10.2 Å². The van der Waals surface area contributed by atoms with Crippen LogP contribution in [0.2, 0.25) is 0 Å². The summed E-state index contributed by atoms with van der Waals surface area (Å²) in [5.41, 5.74) is 0. The Bertz CT molecular complexity index is 305. The lowest BCUT2D eigenvalue weighted by Gasteiger charge is -2.35. The van der Waals surface area contributed by atoms with E-state index >= 15 is 0 Å². The molecule has 3 heteroatoms. The van der Waals surface area contributed by atoms with Crippen molar-refractivity contribution in [1.29, 1.82) is 0 Å². The molecule has 0 aromatic rings. The van der Waals surface area contributed by atoms with Crippen LogP contribution in [0, 0.1) is 17.8 Å². The third-order valence-corrected chi connectivity index (χ3v) is 5.37. The molecule has 3 fully saturated rings. The number of nitrogens with zero attached hydrogens (tertiary/aromatic N) is 1. The van der Waals surface area contributed by atoms with Gasteiger partial charge in [0, 0.05) is 19.1 Å². The van der Waals surface area contributed by atoms with E-state index in [9.17, 15) is 0 Å². The molecule has 0 radical (unpaired) electrons. The monoisotopic (exact) mass is 252 g/mol. The van der Waals surface area contributed by atoms with Crippen LogP contribution in [0.1, 0.15) is 45.4 Å². The Morgan fingerprint density at radius 1 is 1.24 bits per heavy atom. The Hall–Kier alpha value is -0.310. The maximum Gasteiger partial charge on any atom is 0.169 e. The van der Waals surface area contributed by atoms with Crippen molar-refractivity contribution in [2.45, 2.75) is 51.5 Å². The van der Waals surface area contributed by atoms with Crippen molar-refractivity contribution in [2.24, 2.45) is 17.8 Å². The molecule has 1 saturated heterocycles. The Kier molecular flexibility index (Phi) is 3.29. The first kappa shape index (κ1) is 11.8. The third kappa shape index (κ3) is 2.44. The number of rotatable bonds is 1. The topological polar surface area (TPSA) is 15.3 Å². The van der Waals surface area contributed by atoms with Gasteiger partial charge in [-0.2, -0.15) is 0 Å². The number of hydrogen-bond acceptors (Lipinski definition) is 1. The number of hydrogen-bond donors (Lipinski definition) is 1. The van der Waals surface area contributed by atoms with E-state index in [0.29, 0.717) is 6.04 Å². The molecule has 0 aromatic heterocycles. The lowest BCUT2D eigenvalue weighted by molar-refractivity contribution is 0.263. The molecule has 1 aliphatic heterocycles. The smallest absolute Gasteiger partial charge is 0.169 e. The fraction of sp³-hybridized carbons (Fsp3) is 0.929. The predicted molar refractivity (Wildman–Crippen MR) is 74.9 cm³/mol.